The van der Waals surface area contributed by atoms with Crippen LogP contribution < -0.4 is 4.57 Å². The van der Waals surface area contributed by atoms with Gasteiger partial charge in [0.15, 0.2) is 18.3 Å². The lowest BCUT2D eigenvalue weighted by Crippen LogP contribution is -2.40. The minimum absolute atomic E-state index is 0.119. The molecule has 0 saturated carbocycles. The van der Waals surface area contributed by atoms with E-state index in [1.165, 1.54) is 5.56 Å². The molecule has 2 N–H and O–H groups in total. The van der Waals surface area contributed by atoms with E-state index in [0.29, 0.717) is 13.0 Å². The first kappa shape index (κ1) is 16.8. The number of aliphatic hydroxyl groups is 2. The molecule has 24 heavy (non-hydrogen) atoms. The highest BCUT2D eigenvalue weighted by atomic mass is 32.1. The van der Waals surface area contributed by atoms with Gasteiger partial charge in [0.25, 0.3) is 5.01 Å². The van der Waals surface area contributed by atoms with Crippen LogP contribution in [-0.2, 0) is 13.0 Å². The topological polar surface area (TPSA) is 44.3 Å². The number of hydrogen-bond donors (Lipinski definition) is 2. The summed E-state index contributed by atoms with van der Waals surface area (Å²) < 4.78 is 2.17. The average Bonchev–Trinajstić information content (AvgIpc) is 2.93. The Morgan fingerprint density at radius 1 is 1.00 bits per heavy atom. The number of rotatable bonds is 6. The highest BCUT2D eigenvalue weighted by Gasteiger charge is 2.29. The molecule has 0 bridgehead atoms. The van der Waals surface area contributed by atoms with Gasteiger partial charge in [0.05, 0.1) is 4.88 Å². The third-order valence-corrected chi connectivity index (χ3v) is 5.57. The summed E-state index contributed by atoms with van der Waals surface area (Å²) in [4.78, 5) is 1.12. The van der Waals surface area contributed by atoms with Crippen molar-refractivity contribution in [3.63, 3.8) is 0 Å². The monoisotopic (exact) mass is 340 g/mol. The predicted molar refractivity (Wildman–Crippen MR) is 96.1 cm³/mol. The second-order valence-electron chi connectivity index (χ2n) is 5.81. The largest absolute Gasteiger partial charge is 0.396 e. The smallest absolute Gasteiger partial charge is 0.271 e. The van der Waals surface area contributed by atoms with E-state index in [9.17, 15) is 10.2 Å². The highest BCUT2D eigenvalue weighted by molar-refractivity contribution is 7.11. The summed E-state index contributed by atoms with van der Waals surface area (Å²) in [5, 5.41) is 21.1. The summed E-state index contributed by atoms with van der Waals surface area (Å²) in [6, 6.07) is 20.0. The molecule has 0 aliphatic carbocycles. The van der Waals surface area contributed by atoms with Gasteiger partial charge in [-0.05, 0) is 5.56 Å². The molecule has 0 saturated heterocycles. The van der Waals surface area contributed by atoms with E-state index >= 15 is 0 Å². The van der Waals surface area contributed by atoms with E-state index in [4.69, 9.17) is 0 Å². The van der Waals surface area contributed by atoms with Crippen molar-refractivity contribution in [1.82, 2.24) is 0 Å². The van der Waals surface area contributed by atoms with Crippen LogP contribution in [0.1, 0.15) is 32.8 Å². The molecular formula is C20H22NO2S+. The van der Waals surface area contributed by atoms with Crippen molar-refractivity contribution >= 4 is 11.3 Å². The first-order valence-corrected chi connectivity index (χ1v) is 8.92. The third kappa shape index (κ3) is 3.56. The molecule has 0 aliphatic heterocycles. The Kier molecular flexibility index (Phi) is 5.41. The number of nitrogens with zero attached hydrogens (tertiary/aromatic N) is 1. The van der Waals surface area contributed by atoms with E-state index < -0.39 is 6.10 Å². The Morgan fingerprint density at radius 2 is 1.62 bits per heavy atom. The van der Waals surface area contributed by atoms with Gasteiger partial charge in [-0.15, -0.1) is 0 Å². The normalized spacial score (nSPS) is 12.3. The molecule has 1 unspecified atom stereocenters. The molecule has 2 aromatic carbocycles. The summed E-state index contributed by atoms with van der Waals surface area (Å²) in [5.41, 5.74) is 3.19. The van der Waals surface area contributed by atoms with Crippen LogP contribution in [0.4, 0.5) is 0 Å². The summed E-state index contributed by atoms with van der Waals surface area (Å²) in [7, 11) is 0. The van der Waals surface area contributed by atoms with Crippen molar-refractivity contribution in [2.75, 3.05) is 6.61 Å². The van der Waals surface area contributed by atoms with Crippen molar-refractivity contribution in [3.05, 3.63) is 87.4 Å². The fourth-order valence-electron chi connectivity index (χ4n) is 2.85. The fourth-order valence-corrected chi connectivity index (χ4v) is 4.11. The summed E-state index contributed by atoms with van der Waals surface area (Å²) in [6.07, 6.45) is -0.0432. The third-order valence-electron chi connectivity index (χ3n) is 4.17. The van der Waals surface area contributed by atoms with Crippen molar-refractivity contribution in [3.8, 4) is 0 Å². The summed E-state index contributed by atoms with van der Waals surface area (Å²) >= 11 is 1.59. The Labute approximate surface area is 146 Å². The van der Waals surface area contributed by atoms with Gasteiger partial charge in [-0.1, -0.05) is 72.0 Å². The molecule has 0 radical (unpaired) electrons. The molecule has 3 rings (SSSR count). The number of aromatic nitrogens is 1. The number of benzene rings is 2. The van der Waals surface area contributed by atoms with Crippen molar-refractivity contribution in [2.24, 2.45) is 0 Å². The van der Waals surface area contributed by atoms with Crippen LogP contribution in [0.25, 0.3) is 0 Å². The Hall–Kier alpha value is -2.01. The molecule has 0 amide bonds. The Bertz CT molecular complexity index is 784. The molecule has 4 heteroatoms. The molecule has 0 fully saturated rings. The molecule has 3 nitrogen and oxygen atoms in total. The highest BCUT2D eigenvalue weighted by Crippen LogP contribution is 2.27. The van der Waals surface area contributed by atoms with Crippen molar-refractivity contribution < 1.29 is 14.8 Å². The average molecular weight is 340 g/mol. The molecule has 1 heterocycles. The first-order valence-electron chi connectivity index (χ1n) is 8.10. The zero-order valence-electron chi connectivity index (χ0n) is 13.7. The van der Waals surface area contributed by atoms with E-state index in [1.807, 2.05) is 48.5 Å². The van der Waals surface area contributed by atoms with Crippen LogP contribution in [0.2, 0.25) is 0 Å². The van der Waals surface area contributed by atoms with Crippen LogP contribution in [0, 0.1) is 6.92 Å². The van der Waals surface area contributed by atoms with Crippen molar-refractivity contribution in [2.45, 2.75) is 26.0 Å². The maximum Gasteiger partial charge on any atom is 0.271 e. The zero-order chi connectivity index (χ0) is 16.9. The molecule has 124 valence electrons. The fraction of sp³-hybridized carbons (Fsp3) is 0.250. The lowest BCUT2D eigenvalue weighted by atomic mass is 10.1. The Balaban J connectivity index is 2.02. The van der Waals surface area contributed by atoms with Crippen LogP contribution in [-0.4, -0.2) is 16.8 Å². The first-order chi connectivity index (χ1) is 11.7. The molecular weight excluding hydrogens is 318 g/mol. The van der Waals surface area contributed by atoms with Crippen LogP contribution >= 0.6 is 11.3 Å². The second-order valence-corrected chi connectivity index (χ2v) is 6.92. The maximum atomic E-state index is 10.9. The quantitative estimate of drug-likeness (QED) is 0.678. The molecule has 0 aliphatic rings. The Morgan fingerprint density at radius 3 is 2.25 bits per heavy atom. The number of hydrogen-bond acceptors (Lipinski definition) is 3. The zero-order valence-corrected chi connectivity index (χ0v) is 14.5. The molecule has 3 aromatic rings. The predicted octanol–water partition coefficient (Wildman–Crippen LogP) is 3.01. The standard InChI is InChI=1S/C20H22NO2S/c1-15-18(12-13-22)24-20(19(23)17-10-6-3-7-11-17)21(15)14-16-8-4-2-5-9-16/h2-11,19,22-23H,12-14H2,1H3/q+1. The van der Waals surface area contributed by atoms with Crippen molar-refractivity contribution in [1.29, 1.82) is 0 Å². The van der Waals surface area contributed by atoms with Gasteiger partial charge in [0.1, 0.15) is 0 Å². The maximum absolute atomic E-state index is 10.9. The molecule has 1 aromatic heterocycles. The molecule has 1 atom stereocenters. The van der Waals surface area contributed by atoms with Gasteiger partial charge in [0.2, 0.25) is 0 Å². The summed E-state index contributed by atoms with van der Waals surface area (Å²) in [6.45, 7) is 2.90. The van der Waals surface area contributed by atoms with Gasteiger partial charge >= 0.3 is 0 Å². The van der Waals surface area contributed by atoms with Gasteiger partial charge in [-0.3, -0.25) is 0 Å². The van der Waals surface area contributed by atoms with Crippen LogP contribution in [0.3, 0.4) is 0 Å². The van der Waals surface area contributed by atoms with E-state index in [2.05, 4.69) is 23.6 Å². The minimum atomic E-state index is -0.661. The lowest BCUT2D eigenvalue weighted by Gasteiger charge is -2.08. The van der Waals surface area contributed by atoms with Gasteiger partial charge in [0, 0.05) is 25.5 Å². The lowest BCUT2D eigenvalue weighted by molar-refractivity contribution is -0.699. The second kappa shape index (κ2) is 7.71. The minimum Gasteiger partial charge on any atom is -0.396 e. The number of aliphatic hydroxyl groups excluding tert-OH is 2. The van der Waals surface area contributed by atoms with Gasteiger partial charge in [-0.25, -0.2) is 0 Å². The number of thiazole rings is 1. The molecule has 0 spiro atoms. The van der Waals surface area contributed by atoms with Gasteiger partial charge < -0.3 is 10.2 Å². The van der Waals surface area contributed by atoms with Crippen LogP contribution in [0.5, 0.6) is 0 Å². The summed E-state index contributed by atoms with van der Waals surface area (Å²) in [5.74, 6) is 0. The van der Waals surface area contributed by atoms with E-state index in [1.54, 1.807) is 11.3 Å². The van der Waals surface area contributed by atoms with Crippen LogP contribution in [0.15, 0.2) is 60.7 Å². The van der Waals surface area contributed by atoms with E-state index in [0.717, 1.165) is 21.1 Å². The SMILES string of the molecule is Cc1c(CCO)sc(C(O)c2ccccc2)[n+]1Cc1ccccc1. The van der Waals surface area contributed by atoms with Gasteiger partial charge in [-0.2, -0.15) is 4.57 Å². The van der Waals surface area contributed by atoms with E-state index in [-0.39, 0.29) is 6.61 Å².